The molecule has 0 saturated carbocycles. The van der Waals surface area contributed by atoms with Crippen LogP contribution in [0.15, 0.2) is 71.8 Å². The van der Waals surface area contributed by atoms with Crippen LogP contribution in [0, 0.1) is 5.41 Å². The maximum absolute atomic E-state index is 12.4. The Morgan fingerprint density at radius 3 is 2.90 bits per heavy atom. The summed E-state index contributed by atoms with van der Waals surface area (Å²) >= 11 is 0. The van der Waals surface area contributed by atoms with E-state index in [9.17, 15) is 4.79 Å². The fourth-order valence-corrected chi connectivity index (χ4v) is 3.16. The molecule has 9 heteroatoms. The van der Waals surface area contributed by atoms with Gasteiger partial charge in [0.1, 0.15) is 11.9 Å². The third-order valence-electron chi connectivity index (χ3n) is 4.93. The summed E-state index contributed by atoms with van der Waals surface area (Å²) in [6.45, 7) is 2.13. The van der Waals surface area contributed by atoms with E-state index in [0.29, 0.717) is 23.4 Å². The van der Waals surface area contributed by atoms with Gasteiger partial charge in [0.05, 0.1) is 22.7 Å². The minimum atomic E-state index is -0.520. The molecule has 0 spiro atoms. The van der Waals surface area contributed by atoms with E-state index in [0.717, 1.165) is 16.8 Å². The van der Waals surface area contributed by atoms with Crippen molar-refractivity contribution in [2.75, 3.05) is 0 Å². The molecule has 3 aromatic rings. The number of pyridine rings is 1. The number of nitrogens with zero attached hydrogens (tertiary/aromatic N) is 3. The number of H-pyrrole nitrogens is 1. The molecule has 3 heterocycles. The molecule has 9 nitrogen and oxygen atoms in total. The van der Waals surface area contributed by atoms with Crippen molar-refractivity contribution in [1.29, 1.82) is 5.41 Å². The van der Waals surface area contributed by atoms with Gasteiger partial charge in [0, 0.05) is 42.5 Å². The van der Waals surface area contributed by atoms with Crippen molar-refractivity contribution in [3.05, 3.63) is 77.9 Å². The predicted octanol–water partition coefficient (Wildman–Crippen LogP) is 2.02. The lowest BCUT2D eigenvalue weighted by Gasteiger charge is -2.19. The van der Waals surface area contributed by atoms with Gasteiger partial charge in [0.2, 0.25) is 5.91 Å². The molecule has 0 fully saturated rings. The van der Waals surface area contributed by atoms with E-state index in [1.165, 1.54) is 0 Å². The van der Waals surface area contributed by atoms with Gasteiger partial charge in [-0.3, -0.25) is 20.3 Å². The molecule has 1 amide bonds. The van der Waals surface area contributed by atoms with Crippen molar-refractivity contribution in [2.45, 2.75) is 19.5 Å². The number of hydrogen-bond donors (Lipinski definition) is 5. The maximum atomic E-state index is 12.4. The summed E-state index contributed by atoms with van der Waals surface area (Å²) in [4.78, 5) is 20.8. The number of hydrogen-bond acceptors (Lipinski definition) is 7. The summed E-state index contributed by atoms with van der Waals surface area (Å²) in [5.41, 5.74) is 10.8. The van der Waals surface area contributed by atoms with Gasteiger partial charge in [-0.25, -0.2) is 4.99 Å². The molecular weight excluding hydrogens is 392 g/mol. The number of fused-ring (bicyclic) bond motifs is 1. The highest BCUT2D eigenvalue weighted by Gasteiger charge is 2.22. The number of rotatable bonds is 6. The van der Waals surface area contributed by atoms with Gasteiger partial charge in [-0.15, -0.1) is 0 Å². The molecular formula is C22H22N8O. The van der Waals surface area contributed by atoms with Crippen LogP contribution < -0.4 is 16.4 Å². The fourth-order valence-electron chi connectivity index (χ4n) is 3.16. The molecule has 1 aliphatic rings. The van der Waals surface area contributed by atoms with E-state index >= 15 is 0 Å². The Morgan fingerprint density at radius 1 is 1.29 bits per heavy atom. The molecule has 0 bridgehead atoms. The van der Waals surface area contributed by atoms with Crippen molar-refractivity contribution in [1.82, 2.24) is 25.8 Å². The zero-order valence-corrected chi connectivity index (χ0v) is 16.9. The third-order valence-corrected chi connectivity index (χ3v) is 4.93. The van der Waals surface area contributed by atoms with Crippen molar-refractivity contribution >= 4 is 23.1 Å². The number of benzene rings is 1. The molecule has 1 atom stereocenters. The first-order valence-corrected chi connectivity index (χ1v) is 9.73. The highest BCUT2D eigenvalue weighted by atomic mass is 16.2. The van der Waals surface area contributed by atoms with Gasteiger partial charge in [-0.2, -0.15) is 5.10 Å². The Bertz CT molecular complexity index is 1170. The van der Waals surface area contributed by atoms with Crippen LogP contribution in [-0.4, -0.2) is 38.7 Å². The molecule has 0 saturated heterocycles. The van der Waals surface area contributed by atoms with Crippen LogP contribution >= 0.6 is 0 Å². The number of amides is 1. The molecule has 0 radical (unpaired) electrons. The number of carbonyl (C=O) groups is 1. The minimum Gasteiger partial charge on any atom is -0.383 e. The van der Waals surface area contributed by atoms with Crippen molar-refractivity contribution in [3.8, 4) is 11.3 Å². The second kappa shape index (κ2) is 8.62. The Kier molecular flexibility index (Phi) is 5.57. The molecule has 2 aromatic heterocycles. The zero-order chi connectivity index (χ0) is 21.8. The average Bonchev–Trinajstić information content (AvgIpc) is 3.32. The summed E-state index contributed by atoms with van der Waals surface area (Å²) in [5, 5.41) is 21.3. The second-order valence-corrected chi connectivity index (χ2v) is 7.10. The summed E-state index contributed by atoms with van der Waals surface area (Å²) in [6, 6.07) is 10.7. The number of aromatic nitrogens is 3. The van der Waals surface area contributed by atoms with Crippen LogP contribution in [0.2, 0.25) is 0 Å². The molecule has 0 aliphatic carbocycles. The molecule has 156 valence electrons. The Morgan fingerprint density at radius 2 is 2.16 bits per heavy atom. The Labute approximate surface area is 179 Å². The van der Waals surface area contributed by atoms with Gasteiger partial charge in [-0.1, -0.05) is 12.1 Å². The number of nitrogens with one attached hydrogen (secondary N) is 4. The number of amidine groups is 1. The molecule has 1 aromatic carbocycles. The van der Waals surface area contributed by atoms with E-state index in [4.69, 9.17) is 11.1 Å². The lowest BCUT2D eigenvalue weighted by molar-refractivity contribution is -0.122. The SMILES string of the molecule is CC(N/C=C1\C(=N)c2ccc(-c3ccn[nH]3)cc2N=C1N)C(=O)NCc1cccnc1. The lowest BCUT2D eigenvalue weighted by Crippen LogP contribution is -2.40. The van der Waals surface area contributed by atoms with Gasteiger partial charge in [0.25, 0.3) is 0 Å². The topological polar surface area (TPSA) is 145 Å². The largest absolute Gasteiger partial charge is 0.383 e. The van der Waals surface area contributed by atoms with Gasteiger partial charge in [-0.05, 0) is 36.8 Å². The Hall–Kier alpha value is -4.27. The number of nitrogens with two attached hydrogens (primary N) is 1. The lowest BCUT2D eigenvalue weighted by atomic mass is 9.95. The molecule has 1 unspecified atom stereocenters. The van der Waals surface area contributed by atoms with Gasteiger partial charge < -0.3 is 16.4 Å². The highest BCUT2D eigenvalue weighted by Crippen LogP contribution is 2.31. The van der Waals surface area contributed by atoms with Crippen molar-refractivity contribution in [2.24, 2.45) is 10.7 Å². The number of aromatic amines is 1. The Balaban J connectivity index is 1.45. The van der Waals surface area contributed by atoms with Crippen molar-refractivity contribution in [3.63, 3.8) is 0 Å². The van der Waals surface area contributed by atoms with E-state index < -0.39 is 6.04 Å². The smallest absolute Gasteiger partial charge is 0.242 e. The third kappa shape index (κ3) is 4.35. The first-order chi connectivity index (χ1) is 15.0. The van der Waals surface area contributed by atoms with Crippen LogP contribution in [0.4, 0.5) is 5.69 Å². The molecule has 4 rings (SSSR count). The predicted molar refractivity (Wildman–Crippen MR) is 119 cm³/mol. The number of carbonyl (C=O) groups excluding carboxylic acids is 1. The van der Waals surface area contributed by atoms with Crippen LogP contribution in [0.3, 0.4) is 0 Å². The van der Waals surface area contributed by atoms with Crippen LogP contribution in [0.25, 0.3) is 11.3 Å². The number of aliphatic imine (C=N–C) groups is 1. The summed E-state index contributed by atoms with van der Waals surface area (Å²) in [7, 11) is 0. The zero-order valence-electron chi connectivity index (χ0n) is 16.9. The standard InChI is InChI=1S/C22H22N8O/c1-13(22(31)27-11-14-3-2-7-25-10-14)26-12-17-20(23)16-5-4-15(18-6-8-28-30-18)9-19(16)29-21(17)24/h2-10,12-13,23,26H,11H2,1H3,(H2,24,29)(H,27,31)(H,28,30)/b17-12+,23-20?. The van der Waals surface area contributed by atoms with Crippen LogP contribution in [0.5, 0.6) is 0 Å². The summed E-state index contributed by atoms with van der Waals surface area (Å²) in [6.07, 6.45) is 6.63. The van der Waals surface area contributed by atoms with Crippen LogP contribution in [-0.2, 0) is 11.3 Å². The van der Waals surface area contributed by atoms with Gasteiger partial charge >= 0.3 is 0 Å². The summed E-state index contributed by atoms with van der Waals surface area (Å²) < 4.78 is 0. The minimum absolute atomic E-state index is 0.178. The van der Waals surface area contributed by atoms with E-state index in [-0.39, 0.29) is 17.5 Å². The van der Waals surface area contributed by atoms with Crippen molar-refractivity contribution < 1.29 is 4.79 Å². The monoisotopic (exact) mass is 414 g/mol. The van der Waals surface area contributed by atoms with E-state index in [1.807, 2.05) is 36.4 Å². The molecule has 1 aliphatic heterocycles. The van der Waals surface area contributed by atoms with Gasteiger partial charge in [0.15, 0.2) is 0 Å². The van der Waals surface area contributed by atoms with Crippen LogP contribution in [0.1, 0.15) is 18.1 Å². The first-order valence-electron chi connectivity index (χ1n) is 9.73. The maximum Gasteiger partial charge on any atom is 0.242 e. The highest BCUT2D eigenvalue weighted by molar-refractivity contribution is 6.32. The quantitative estimate of drug-likeness (QED) is 0.419. The second-order valence-electron chi connectivity index (χ2n) is 7.10. The van der Waals surface area contributed by atoms with E-state index in [1.54, 1.807) is 31.7 Å². The van der Waals surface area contributed by atoms with E-state index in [2.05, 4.69) is 30.8 Å². The first kappa shape index (κ1) is 20.0. The molecule has 6 N–H and O–H groups in total. The molecule has 31 heavy (non-hydrogen) atoms. The average molecular weight is 414 g/mol. The normalized spacial score (nSPS) is 15.2. The fraction of sp³-hybridized carbons (Fsp3) is 0.136. The summed E-state index contributed by atoms with van der Waals surface area (Å²) in [5.74, 6) is 0.0397.